The second kappa shape index (κ2) is 5.40. The van der Waals surface area contributed by atoms with Crippen molar-refractivity contribution in [3.8, 4) is 0 Å². The molecular weight excluding hydrogens is 287 g/mol. The molecule has 0 aliphatic carbocycles. The molecule has 3 aromatic rings. The second-order valence-corrected chi connectivity index (χ2v) is 4.86. The summed E-state index contributed by atoms with van der Waals surface area (Å²) in [5.41, 5.74) is 0.669. The van der Waals surface area contributed by atoms with Gasteiger partial charge in [0.05, 0.1) is 16.5 Å². The maximum absolute atomic E-state index is 13.2. The van der Waals surface area contributed by atoms with E-state index in [4.69, 9.17) is 5.11 Å². The Bertz CT molecular complexity index is 934. The number of hydrogen-bond donors (Lipinski definition) is 2. The summed E-state index contributed by atoms with van der Waals surface area (Å²) in [6.07, 6.45) is 0.250. The topological polar surface area (TPSA) is 83.0 Å². The first kappa shape index (κ1) is 13.9. The van der Waals surface area contributed by atoms with E-state index < -0.39 is 5.97 Å². The summed E-state index contributed by atoms with van der Waals surface area (Å²) in [4.78, 5) is 29.9. The number of halogens is 1. The van der Waals surface area contributed by atoms with Crippen LogP contribution >= 0.6 is 0 Å². The highest BCUT2D eigenvalue weighted by atomic mass is 19.1. The van der Waals surface area contributed by atoms with Crippen molar-refractivity contribution < 1.29 is 14.3 Å². The van der Waals surface area contributed by atoms with Crippen molar-refractivity contribution in [1.82, 2.24) is 9.97 Å². The summed E-state index contributed by atoms with van der Waals surface area (Å²) in [6, 6.07) is 10.1. The Labute approximate surface area is 124 Å². The number of carbonyl (C=O) groups is 1. The number of aromatic carboxylic acids is 1. The van der Waals surface area contributed by atoms with Gasteiger partial charge in [-0.15, -0.1) is 0 Å². The number of carboxylic acid groups (broad SMARTS) is 1. The first-order valence-electron chi connectivity index (χ1n) is 6.53. The van der Waals surface area contributed by atoms with Gasteiger partial charge in [0.15, 0.2) is 0 Å². The molecule has 1 heterocycles. The van der Waals surface area contributed by atoms with Gasteiger partial charge >= 0.3 is 5.97 Å². The quantitative estimate of drug-likeness (QED) is 0.777. The normalized spacial score (nSPS) is 10.8. The third-order valence-electron chi connectivity index (χ3n) is 3.26. The fraction of sp³-hybridized carbons (Fsp3) is 0.0625. The van der Waals surface area contributed by atoms with Crippen LogP contribution in [-0.2, 0) is 6.42 Å². The zero-order chi connectivity index (χ0) is 15.7. The van der Waals surface area contributed by atoms with Crippen LogP contribution in [0.15, 0.2) is 47.3 Å². The van der Waals surface area contributed by atoms with Crippen LogP contribution in [0.3, 0.4) is 0 Å². The standard InChI is InChI=1S/C16H11FN2O3/c17-11-3-1-2-9(6-11)7-14-18-13-8-10(16(21)22)4-5-12(13)15(20)19-14/h1-6,8H,7H2,(H,21,22)(H,18,19,20). The van der Waals surface area contributed by atoms with Crippen molar-refractivity contribution in [3.63, 3.8) is 0 Å². The number of nitrogens with zero attached hydrogens (tertiary/aromatic N) is 1. The third-order valence-corrected chi connectivity index (χ3v) is 3.26. The van der Waals surface area contributed by atoms with Crippen molar-refractivity contribution in [1.29, 1.82) is 0 Å². The van der Waals surface area contributed by atoms with Gasteiger partial charge in [0.25, 0.3) is 5.56 Å². The van der Waals surface area contributed by atoms with E-state index in [9.17, 15) is 14.0 Å². The molecule has 0 aliphatic heterocycles. The Hall–Kier alpha value is -3.02. The molecule has 3 rings (SSSR count). The van der Waals surface area contributed by atoms with Crippen LogP contribution in [0.25, 0.3) is 10.9 Å². The number of aromatic amines is 1. The third kappa shape index (κ3) is 2.71. The van der Waals surface area contributed by atoms with Crippen molar-refractivity contribution in [3.05, 3.63) is 75.6 Å². The van der Waals surface area contributed by atoms with Crippen LogP contribution in [0.2, 0.25) is 0 Å². The van der Waals surface area contributed by atoms with Crippen molar-refractivity contribution in [2.75, 3.05) is 0 Å². The van der Waals surface area contributed by atoms with Gasteiger partial charge in [-0.2, -0.15) is 0 Å². The van der Waals surface area contributed by atoms with E-state index in [2.05, 4.69) is 9.97 Å². The molecule has 0 saturated carbocycles. The highest BCUT2D eigenvalue weighted by Crippen LogP contribution is 2.13. The Balaban J connectivity index is 2.07. The molecule has 22 heavy (non-hydrogen) atoms. The molecule has 0 spiro atoms. The lowest BCUT2D eigenvalue weighted by molar-refractivity contribution is 0.0697. The summed E-state index contributed by atoms with van der Waals surface area (Å²) in [5.74, 6) is -1.10. The van der Waals surface area contributed by atoms with Crippen LogP contribution in [0.5, 0.6) is 0 Å². The maximum atomic E-state index is 13.2. The summed E-state index contributed by atoms with van der Waals surface area (Å²) in [5, 5.41) is 9.31. The smallest absolute Gasteiger partial charge is 0.335 e. The molecule has 110 valence electrons. The van der Waals surface area contributed by atoms with Crippen LogP contribution < -0.4 is 5.56 Å². The van der Waals surface area contributed by atoms with Gasteiger partial charge in [0.2, 0.25) is 0 Å². The lowest BCUT2D eigenvalue weighted by Crippen LogP contribution is -2.13. The Morgan fingerprint density at radius 1 is 1.23 bits per heavy atom. The van der Waals surface area contributed by atoms with E-state index in [0.717, 1.165) is 0 Å². The zero-order valence-corrected chi connectivity index (χ0v) is 11.3. The van der Waals surface area contributed by atoms with E-state index in [0.29, 0.717) is 22.3 Å². The van der Waals surface area contributed by atoms with Gasteiger partial charge in [0.1, 0.15) is 11.6 Å². The maximum Gasteiger partial charge on any atom is 0.335 e. The number of hydrogen-bond acceptors (Lipinski definition) is 3. The molecule has 2 aromatic carbocycles. The highest BCUT2D eigenvalue weighted by Gasteiger charge is 2.09. The molecular formula is C16H11FN2O3. The first-order valence-corrected chi connectivity index (χ1v) is 6.53. The van der Waals surface area contributed by atoms with E-state index in [-0.39, 0.29) is 23.4 Å². The Kier molecular flexibility index (Phi) is 3.42. The number of carboxylic acids is 1. The lowest BCUT2D eigenvalue weighted by atomic mass is 10.1. The van der Waals surface area contributed by atoms with Gasteiger partial charge in [0, 0.05) is 6.42 Å². The molecule has 0 aliphatic rings. The van der Waals surface area contributed by atoms with E-state index in [1.165, 1.54) is 30.3 Å². The number of rotatable bonds is 3. The fourth-order valence-electron chi connectivity index (χ4n) is 2.24. The molecule has 0 amide bonds. The average Bonchev–Trinajstić information content (AvgIpc) is 2.46. The second-order valence-electron chi connectivity index (χ2n) is 4.86. The van der Waals surface area contributed by atoms with Gasteiger partial charge in [-0.25, -0.2) is 14.2 Å². The SMILES string of the molecule is O=C(O)c1ccc2c(=O)[nH]c(Cc3cccc(F)c3)nc2c1. The molecule has 5 nitrogen and oxygen atoms in total. The molecule has 6 heteroatoms. The molecule has 0 unspecified atom stereocenters. The van der Waals surface area contributed by atoms with Gasteiger partial charge in [-0.1, -0.05) is 12.1 Å². The molecule has 0 fully saturated rings. The fourth-order valence-corrected chi connectivity index (χ4v) is 2.24. The number of H-pyrrole nitrogens is 1. The minimum atomic E-state index is -1.09. The molecule has 1 aromatic heterocycles. The van der Waals surface area contributed by atoms with Crippen LogP contribution in [-0.4, -0.2) is 21.0 Å². The van der Waals surface area contributed by atoms with Gasteiger partial charge in [-0.3, -0.25) is 4.79 Å². The number of nitrogens with one attached hydrogen (secondary N) is 1. The number of aromatic nitrogens is 2. The van der Waals surface area contributed by atoms with E-state index >= 15 is 0 Å². The zero-order valence-electron chi connectivity index (χ0n) is 11.3. The van der Waals surface area contributed by atoms with Crippen LogP contribution in [0.1, 0.15) is 21.7 Å². The predicted octanol–water partition coefficient (Wildman–Crippen LogP) is 2.35. The highest BCUT2D eigenvalue weighted by molar-refractivity contribution is 5.92. The summed E-state index contributed by atoms with van der Waals surface area (Å²) >= 11 is 0. The van der Waals surface area contributed by atoms with E-state index in [1.54, 1.807) is 12.1 Å². The van der Waals surface area contributed by atoms with Gasteiger partial charge < -0.3 is 10.1 Å². The molecule has 0 atom stereocenters. The molecule has 0 radical (unpaired) electrons. The van der Waals surface area contributed by atoms with Crippen molar-refractivity contribution in [2.45, 2.75) is 6.42 Å². The largest absolute Gasteiger partial charge is 0.478 e. The number of fused-ring (bicyclic) bond motifs is 1. The minimum Gasteiger partial charge on any atom is -0.478 e. The average molecular weight is 298 g/mol. The Morgan fingerprint density at radius 3 is 2.77 bits per heavy atom. The van der Waals surface area contributed by atoms with Crippen LogP contribution in [0, 0.1) is 5.82 Å². The molecule has 2 N–H and O–H groups in total. The monoisotopic (exact) mass is 298 g/mol. The van der Waals surface area contributed by atoms with E-state index in [1.807, 2.05) is 0 Å². The van der Waals surface area contributed by atoms with Crippen molar-refractivity contribution >= 4 is 16.9 Å². The lowest BCUT2D eigenvalue weighted by Gasteiger charge is -2.04. The Morgan fingerprint density at radius 2 is 2.05 bits per heavy atom. The van der Waals surface area contributed by atoms with Crippen molar-refractivity contribution in [2.24, 2.45) is 0 Å². The first-order chi connectivity index (χ1) is 10.5. The summed E-state index contributed by atoms with van der Waals surface area (Å²) in [7, 11) is 0. The minimum absolute atomic E-state index is 0.0577. The summed E-state index contributed by atoms with van der Waals surface area (Å²) in [6.45, 7) is 0. The number of benzene rings is 2. The molecule has 0 bridgehead atoms. The summed E-state index contributed by atoms with van der Waals surface area (Å²) < 4.78 is 13.2. The van der Waals surface area contributed by atoms with Crippen LogP contribution in [0.4, 0.5) is 4.39 Å². The van der Waals surface area contributed by atoms with Gasteiger partial charge in [-0.05, 0) is 35.9 Å². The predicted molar refractivity (Wildman–Crippen MR) is 78.5 cm³/mol. The molecule has 0 saturated heterocycles.